The molecule has 1 aliphatic heterocycles. The molecule has 0 radical (unpaired) electrons. The Balaban J connectivity index is 1.19. The molecule has 1 amide bonds. The minimum absolute atomic E-state index is 0.00454. The van der Waals surface area contributed by atoms with Gasteiger partial charge in [-0.1, -0.05) is 31.5 Å². The van der Waals surface area contributed by atoms with E-state index in [2.05, 4.69) is 27.3 Å². The molecule has 190 valence electrons. The Labute approximate surface area is 213 Å². The number of fused-ring (bicyclic) bond motifs is 1. The predicted molar refractivity (Wildman–Crippen MR) is 142 cm³/mol. The minimum atomic E-state index is -3.54. The number of hydrogen-bond acceptors (Lipinski definition) is 5. The van der Waals surface area contributed by atoms with Crippen molar-refractivity contribution in [2.24, 2.45) is 11.8 Å². The van der Waals surface area contributed by atoms with Gasteiger partial charge in [0.15, 0.2) is 0 Å². The van der Waals surface area contributed by atoms with Gasteiger partial charge in [0.2, 0.25) is 15.9 Å². The van der Waals surface area contributed by atoms with Crippen molar-refractivity contribution in [3.05, 3.63) is 66.0 Å². The monoisotopic (exact) mass is 506 g/mol. The molecule has 2 heterocycles. The highest BCUT2D eigenvalue weighted by Crippen LogP contribution is 2.48. The summed E-state index contributed by atoms with van der Waals surface area (Å²) in [4.78, 5) is 17.5. The molecule has 1 aromatic heterocycles. The number of nitrogens with one attached hydrogen (secondary N) is 3. The summed E-state index contributed by atoms with van der Waals surface area (Å²) < 4.78 is 28.2. The number of benzene rings is 2. The predicted octanol–water partition coefficient (Wildman–Crippen LogP) is 4.21. The first kappa shape index (κ1) is 24.9. The Morgan fingerprint density at radius 3 is 2.72 bits per heavy atom. The van der Waals surface area contributed by atoms with E-state index in [9.17, 15) is 13.2 Å². The van der Waals surface area contributed by atoms with Gasteiger partial charge in [0.05, 0.1) is 4.90 Å². The van der Waals surface area contributed by atoms with Gasteiger partial charge in [-0.05, 0) is 91.4 Å². The fraction of sp³-hybridized carbons (Fsp3) is 0.429. The third-order valence-electron chi connectivity index (χ3n) is 7.34. The molecule has 0 spiro atoms. The zero-order valence-corrected chi connectivity index (χ0v) is 21.5. The highest BCUT2D eigenvalue weighted by molar-refractivity contribution is 7.89. The number of rotatable bonds is 9. The van der Waals surface area contributed by atoms with Crippen molar-refractivity contribution < 1.29 is 13.2 Å². The van der Waals surface area contributed by atoms with Crippen molar-refractivity contribution in [1.82, 2.24) is 15.0 Å². The quantitative estimate of drug-likeness (QED) is 0.404. The molecule has 1 saturated carbocycles. The first-order valence-electron chi connectivity index (χ1n) is 12.9. The topological polar surface area (TPSA) is 100 Å². The van der Waals surface area contributed by atoms with E-state index in [-0.39, 0.29) is 22.6 Å². The molecule has 1 saturated heterocycles. The summed E-state index contributed by atoms with van der Waals surface area (Å²) in [5.74, 6) is 0.344. The van der Waals surface area contributed by atoms with Crippen LogP contribution in [0.1, 0.15) is 49.7 Å². The highest BCUT2D eigenvalue weighted by Gasteiger charge is 2.44. The van der Waals surface area contributed by atoms with E-state index >= 15 is 0 Å². The maximum atomic E-state index is 12.9. The zero-order valence-electron chi connectivity index (χ0n) is 20.7. The van der Waals surface area contributed by atoms with Crippen LogP contribution in [0.2, 0.25) is 0 Å². The van der Waals surface area contributed by atoms with Gasteiger partial charge in [-0.2, -0.15) is 0 Å². The summed E-state index contributed by atoms with van der Waals surface area (Å²) in [6.45, 7) is 4.45. The van der Waals surface area contributed by atoms with Crippen LogP contribution in [-0.2, 0) is 21.2 Å². The Morgan fingerprint density at radius 2 is 1.97 bits per heavy atom. The van der Waals surface area contributed by atoms with Gasteiger partial charge >= 0.3 is 0 Å². The lowest BCUT2D eigenvalue weighted by atomic mass is 10.0. The van der Waals surface area contributed by atoms with E-state index < -0.39 is 10.0 Å². The Hall–Kier alpha value is -2.81. The van der Waals surface area contributed by atoms with Crippen molar-refractivity contribution >= 4 is 32.4 Å². The molecule has 2 aromatic carbocycles. The second-order valence-corrected chi connectivity index (χ2v) is 11.8. The van der Waals surface area contributed by atoms with E-state index in [0.29, 0.717) is 12.5 Å². The number of hydrogen-bond donors (Lipinski definition) is 3. The number of sulfonamides is 1. The number of carbonyl (C=O) groups is 1. The first-order valence-corrected chi connectivity index (χ1v) is 14.4. The highest BCUT2D eigenvalue weighted by atomic mass is 32.2. The van der Waals surface area contributed by atoms with Crippen molar-refractivity contribution in [2.45, 2.75) is 49.8 Å². The third-order valence-corrected chi connectivity index (χ3v) is 8.78. The van der Waals surface area contributed by atoms with Gasteiger partial charge in [-0.25, -0.2) is 13.1 Å². The normalized spacial score (nSPS) is 21.9. The second-order valence-electron chi connectivity index (χ2n) is 10.1. The molecule has 3 N–H and O–H groups in total. The molecule has 0 bridgehead atoms. The average molecular weight is 507 g/mol. The summed E-state index contributed by atoms with van der Waals surface area (Å²) in [5.41, 5.74) is 2.98. The van der Waals surface area contributed by atoms with Gasteiger partial charge in [-0.3, -0.25) is 9.78 Å². The number of carbonyl (C=O) groups excluding carboxylic acids is 1. The van der Waals surface area contributed by atoms with Crippen LogP contribution in [-0.4, -0.2) is 38.9 Å². The summed E-state index contributed by atoms with van der Waals surface area (Å²) in [7, 11) is -3.54. The summed E-state index contributed by atoms with van der Waals surface area (Å²) >= 11 is 0. The molecule has 2 aliphatic rings. The summed E-state index contributed by atoms with van der Waals surface area (Å²) in [5, 5.41) is 8.59. The molecular weight excluding hydrogens is 472 g/mol. The van der Waals surface area contributed by atoms with Crippen molar-refractivity contribution in [3.63, 3.8) is 0 Å². The van der Waals surface area contributed by atoms with Crippen LogP contribution in [0.4, 0.5) is 5.69 Å². The summed E-state index contributed by atoms with van der Waals surface area (Å²) in [6, 6.07) is 12.9. The lowest BCUT2D eigenvalue weighted by molar-refractivity contribution is -0.117. The zero-order chi connectivity index (χ0) is 25.1. The molecule has 3 atom stereocenters. The van der Waals surface area contributed by atoms with E-state index in [1.54, 1.807) is 12.1 Å². The Morgan fingerprint density at radius 1 is 1.14 bits per heavy atom. The van der Waals surface area contributed by atoms with Gasteiger partial charge in [-0.15, -0.1) is 0 Å². The first-order chi connectivity index (χ1) is 17.4. The van der Waals surface area contributed by atoms with Crippen LogP contribution in [0.3, 0.4) is 0 Å². The van der Waals surface area contributed by atoms with Gasteiger partial charge in [0, 0.05) is 35.9 Å². The number of aryl methyl sites for hydroxylation is 1. The number of pyridine rings is 1. The molecule has 7 nitrogen and oxygen atoms in total. The molecule has 3 aromatic rings. The van der Waals surface area contributed by atoms with Crippen LogP contribution in [0, 0.1) is 11.8 Å². The van der Waals surface area contributed by atoms with Gasteiger partial charge in [0.1, 0.15) is 0 Å². The van der Waals surface area contributed by atoms with Crippen molar-refractivity contribution in [3.8, 4) is 0 Å². The SMILES string of the molecule is CCCc1cncc2ccc(NC(=O)[C@@H]3CC3c3ccc(S(=O)(=O)NC[C@@H]4CCCNC4)cc3)cc12. The number of piperidine rings is 1. The largest absolute Gasteiger partial charge is 0.326 e. The second kappa shape index (κ2) is 10.7. The molecule has 1 unspecified atom stereocenters. The minimum Gasteiger partial charge on any atom is -0.326 e. The molecule has 36 heavy (non-hydrogen) atoms. The lowest BCUT2D eigenvalue weighted by Crippen LogP contribution is -2.38. The van der Waals surface area contributed by atoms with E-state index in [1.807, 2.05) is 42.7 Å². The Kier molecular flexibility index (Phi) is 7.37. The van der Waals surface area contributed by atoms with Crippen LogP contribution >= 0.6 is 0 Å². The standard InChI is InChI=1S/C28H34N4O3S/c1-2-4-21-17-30-18-22-6-9-23(13-25(21)22)32-28(33)27-14-26(27)20-7-10-24(11-8-20)36(34,35)31-16-19-5-3-12-29-15-19/h6-11,13,17-19,26-27,29,31H,2-5,12,14-16H2,1H3,(H,32,33)/t19-,26?,27-/m1/s1. The van der Waals surface area contributed by atoms with Crippen LogP contribution in [0.15, 0.2) is 59.8 Å². The van der Waals surface area contributed by atoms with Crippen LogP contribution in [0.5, 0.6) is 0 Å². The molecule has 1 aliphatic carbocycles. The number of anilines is 1. The average Bonchev–Trinajstić information content (AvgIpc) is 3.70. The number of amides is 1. The smallest absolute Gasteiger partial charge is 0.240 e. The third kappa shape index (κ3) is 5.61. The van der Waals surface area contributed by atoms with E-state index in [1.165, 1.54) is 5.56 Å². The molecular formula is C28H34N4O3S. The molecule has 2 fully saturated rings. The fourth-order valence-corrected chi connectivity index (χ4v) is 6.28. The molecule has 5 rings (SSSR count). The lowest BCUT2D eigenvalue weighted by Gasteiger charge is -2.22. The number of aromatic nitrogens is 1. The van der Waals surface area contributed by atoms with Gasteiger partial charge in [0.25, 0.3) is 0 Å². The van der Waals surface area contributed by atoms with Crippen molar-refractivity contribution in [2.75, 3.05) is 25.0 Å². The van der Waals surface area contributed by atoms with Crippen molar-refractivity contribution in [1.29, 1.82) is 0 Å². The molecule has 8 heteroatoms. The van der Waals surface area contributed by atoms with E-state index in [0.717, 1.165) is 67.2 Å². The fourth-order valence-electron chi connectivity index (χ4n) is 5.16. The Bertz CT molecular complexity index is 1330. The van der Waals surface area contributed by atoms with E-state index in [4.69, 9.17) is 0 Å². The van der Waals surface area contributed by atoms with Crippen LogP contribution in [0.25, 0.3) is 10.8 Å². The maximum Gasteiger partial charge on any atom is 0.240 e. The summed E-state index contributed by atoms with van der Waals surface area (Å²) in [6.07, 6.45) is 8.63. The maximum absolute atomic E-state index is 12.9. The number of nitrogens with zero attached hydrogens (tertiary/aromatic N) is 1. The van der Waals surface area contributed by atoms with Gasteiger partial charge < -0.3 is 10.6 Å². The van der Waals surface area contributed by atoms with Crippen LogP contribution < -0.4 is 15.4 Å².